The first-order valence-electron chi connectivity index (χ1n) is 7.18. The maximum atomic E-state index is 5.92. The maximum Gasteiger partial charge on any atom is 0.182 e. The molecule has 110 valence electrons. The number of ether oxygens (including phenoxy) is 1. The Hall–Kier alpha value is -1.03. The second-order valence-corrected chi connectivity index (χ2v) is 5.70. The zero-order valence-electron chi connectivity index (χ0n) is 13.1. The summed E-state index contributed by atoms with van der Waals surface area (Å²) in [6.45, 7) is 15.2. The van der Waals surface area contributed by atoms with Crippen LogP contribution >= 0.6 is 0 Å². The number of piperidine rings is 1. The van der Waals surface area contributed by atoms with E-state index in [2.05, 4.69) is 30.3 Å². The highest BCUT2D eigenvalue weighted by molar-refractivity contribution is 5.73. The van der Waals surface area contributed by atoms with E-state index in [1.54, 1.807) is 0 Å². The Morgan fingerprint density at radius 2 is 1.95 bits per heavy atom. The molecule has 0 amide bonds. The van der Waals surface area contributed by atoms with Crippen LogP contribution in [0.3, 0.4) is 0 Å². The molecule has 0 radical (unpaired) electrons. The Kier molecular flexibility index (Phi) is 6.35. The van der Waals surface area contributed by atoms with Crippen molar-refractivity contribution in [3.63, 3.8) is 0 Å². The summed E-state index contributed by atoms with van der Waals surface area (Å²) in [5, 5.41) is 0. The average molecular weight is 267 g/mol. The molecule has 0 unspecified atom stereocenters. The van der Waals surface area contributed by atoms with Gasteiger partial charge in [-0.2, -0.15) is 0 Å². The second kappa shape index (κ2) is 7.53. The van der Waals surface area contributed by atoms with E-state index < -0.39 is 0 Å². The molecule has 1 rings (SSSR count). The van der Waals surface area contributed by atoms with Gasteiger partial charge in [-0.05, 0) is 33.6 Å². The lowest BCUT2D eigenvalue weighted by atomic mass is 10.1. The standard InChI is InChI=1S/C15H29N3O/c1-12(2)17(6)11-16-14(5)19-15-7-9-18(10-8-15)13(3)4/h13,15H,1,7-11H2,2-6H3. The van der Waals surface area contributed by atoms with Gasteiger partial charge in [0.1, 0.15) is 12.8 Å². The predicted octanol–water partition coefficient (Wildman–Crippen LogP) is 2.72. The molecule has 1 heterocycles. The fraction of sp³-hybridized carbons (Fsp3) is 0.800. The van der Waals surface area contributed by atoms with Gasteiger partial charge in [0.05, 0.1) is 0 Å². The van der Waals surface area contributed by atoms with E-state index in [0.29, 0.717) is 18.8 Å². The lowest BCUT2D eigenvalue weighted by Crippen LogP contribution is -2.41. The van der Waals surface area contributed by atoms with Crippen LogP contribution in [0.5, 0.6) is 0 Å². The lowest BCUT2D eigenvalue weighted by Gasteiger charge is -2.34. The van der Waals surface area contributed by atoms with Crippen LogP contribution < -0.4 is 0 Å². The number of allylic oxidation sites excluding steroid dienone is 1. The molecule has 4 nitrogen and oxygen atoms in total. The molecule has 1 saturated heterocycles. The minimum Gasteiger partial charge on any atom is -0.478 e. The molecule has 0 N–H and O–H groups in total. The molecule has 4 heteroatoms. The van der Waals surface area contributed by atoms with Crippen LogP contribution in [0.2, 0.25) is 0 Å². The number of hydrogen-bond acceptors (Lipinski definition) is 4. The summed E-state index contributed by atoms with van der Waals surface area (Å²) >= 11 is 0. The Morgan fingerprint density at radius 3 is 2.42 bits per heavy atom. The maximum absolute atomic E-state index is 5.92. The molecule has 0 aromatic heterocycles. The van der Waals surface area contributed by atoms with E-state index in [9.17, 15) is 0 Å². The first kappa shape index (κ1) is 16.0. The molecule has 0 bridgehead atoms. The van der Waals surface area contributed by atoms with Crippen molar-refractivity contribution >= 4 is 5.90 Å². The Balaban J connectivity index is 2.32. The van der Waals surface area contributed by atoms with Gasteiger partial charge in [0.15, 0.2) is 5.90 Å². The van der Waals surface area contributed by atoms with Crippen molar-refractivity contribution < 1.29 is 4.74 Å². The summed E-state index contributed by atoms with van der Waals surface area (Å²) < 4.78 is 5.92. The van der Waals surface area contributed by atoms with Crippen molar-refractivity contribution in [1.82, 2.24) is 9.80 Å². The van der Waals surface area contributed by atoms with Crippen LogP contribution in [0.25, 0.3) is 0 Å². The largest absolute Gasteiger partial charge is 0.478 e. The molecule has 0 aromatic carbocycles. The third-order valence-electron chi connectivity index (χ3n) is 3.70. The smallest absolute Gasteiger partial charge is 0.182 e. The number of nitrogens with zero attached hydrogens (tertiary/aromatic N) is 3. The number of rotatable bonds is 5. The minimum atomic E-state index is 0.328. The van der Waals surface area contributed by atoms with E-state index in [1.807, 2.05) is 25.8 Å². The van der Waals surface area contributed by atoms with Crippen molar-refractivity contribution in [2.24, 2.45) is 4.99 Å². The molecule has 0 atom stereocenters. The third kappa shape index (κ3) is 5.64. The monoisotopic (exact) mass is 267 g/mol. The fourth-order valence-corrected chi connectivity index (χ4v) is 2.11. The van der Waals surface area contributed by atoms with Gasteiger partial charge in [-0.25, -0.2) is 4.99 Å². The van der Waals surface area contributed by atoms with Gasteiger partial charge in [-0.1, -0.05) is 6.58 Å². The lowest BCUT2D eigenvalue weighted by molar-refractivity contribution is 0.0758. The molecule has 0 spiro atoms. The van der Waals surface area contributed by atoms with Crippen molar-refractivity contribution in [2.75, 3.05) is 26.8 Å². The van der Waals surface area contributed by atoms with Crippen molar-refractivity contribution in [3.05, 3.63) is 12.3 Å². The SMILES string of the molecule is C=C(C)N(C)CN=C(C)OC1CCN(C(C)C)CC1. The molecule has 0 saturated carbocycles. The number of hydrogen-bond donors (Lipinski definition) is 0. The highest BCUT2D eigenvalue weighted by Crippen LogP contribution is 2.16. The minimum absolute atomic E-state index is 0.328. The summed E-state index contributed by atoms with van der Waals surface area (Å²) in [6.07, 6.45) is 2.52. The van der Waals surface area contributed by atoms with Crippen LogP contribution in [-0.4, -0.2) is 54.6 Å². The average Bonchev–Trinajstić information content (AvgIpc) is 2.36. The van der Waals surface area contributed by atoms with Crippen molar-refractivity contribution in [1.29, 1.82) is 0 Å². The van der Waals surface area contributed by atoms with Crippen molar-refractivity contribution in [2.45, 2.75) is 52.7 Å². The van der Waals surface area contributed by atoms with Crippen LogP contribution in [0.15, 0.2) is 17.3 Å². The van der Waals surface area contributed by atoms with Crippen LogP contribution in [0.4, 0.5) is 0 Å². The quantitative estimate of drug-likeness (QED) is 0.566. The molecule has 1 aliphatic heterocycles. The van der Waals surface area contributed by atoms with Crippen LogP contribution in [-0.2, 0) is 4.74 Å². The van der Waals surface area contributed by atoms with Crippen LogP contribution in [0.1, 0.15) is 40.5 Å². The van der Waals surface area contributed by atoms with Gasteiger partial charge in [0.2, 0.25) is 0 Å². The van der Waals surface area contributed by atoms with Gasteiger partial charge >= 0.3 is 0 Å². The number of aliphatic imine (C=N–C) groups is 1. The predicted molar refractivity (Wildman–Crippen MR) is 81.4 cm³/mol. The summed E-state index contributed by atoms with van der Waals surface area (Å²) in [5.74, 6) is 0.788. The molecule has 19 heavy (non-hydrogen) atoms. The van der Waals surface area contributed by atoms with E-state index >= 15 is 0 Å². The summed E-state index contributed by atoms with van der Waals surface area (Å²) in [7, 11) is 1.99. The van der Waals surface area contributed by atoms with Crippen LogP contribution in [0, 0.1) is 0 Å². The highest BCUT2D eigenvalue weighted by atomic mass is 16.5. The van der Waals surface area contributed by atoms with Gasteiger partial charge in [0, 0.05) is 38.8 Å². The summed E-state index contributed by atoms with van der Waals surface area (Å²) in [6, 6.07) is 0.639. The zero-order valence-corrected chi connectivity index (χ0v) is 13.1. The van der Waals surface area contributed by atoms with Crippen molar-refractivity contribution in [3.8, 4) is 0 Å². The topological polar surface area (TPSA) is 28.1 Å². The third-order valence-corrected chi connectivity index (χ3v) is 3.70. The fourth-order valence-electron chi connectivity index (χ4n) is 2.11. The molecular formula is C15H29N3O. The Morgan fingerprint density at radius 1 is 1.37 bits per heavy atom. The first-order chi connectivity index (χ1) is 8.90. The normalized spacial score (nSPS) is 18.7. The molecule has 1 aliphatic rings. The summed E-state index contributed by atoms with van der Waals surface area (Å²) in [5.41, 5.74) is 1.02. The Bertz CT molecular complexity index is 317. The molecule has 0 aromatic rings. The van der Waals surface area contributed by atoms with E-state index in [-0.39, 0.29) is 0 Å². The molecular weight excluding hydrogens is 238 g/mol. The van der Waals surface area contributed by atoms with Gasteiger partial charge in [-0.15, -0.1) is 0 Å². The Labute approximate surface area is 118 Å². The van der Waals surface area contributed by atoms with E-state index in [4.69, 9.17) is 4.74 Å². The van der Waals surface area contributed by atoms with Gasteiger partial charge in [-0.3, -0.25) is 0 Å². The van der Waals surface area contributed by atoms with Gasteiger partial charge < -0.3 is 14.5 Å². The highest BCUT2D eigenvalue weighted by Gasteiger charge is 2.22. The zero-order chi connectivity index (χ0) is 14.4. The molecule has 0 aliphatic carbocycles. The molecule has 1 fully saturated rings. The van der Waals surface area contributed by atoms with Gasteiger partial charge in [0.25, 0.3) is 0 Å². The summed E-state index contributed by atoms with van der Waals surface area (Å²) in [4.78, 5) is 8.95. The van der Waals surface area contributed by atoms with E-state index in [0.717, 1.165) is 37.5 Å². The number of likely N-dealkylation sites (tertiary alicyclic amines) is 1. The second-order valence-electron chi connectivity index (χ2n) is 5.70. The first-order valence-corrected chi connectivity index (χ1v) is 7.18. The van der Waals surface area contributed by atoms with E-state index in [1.165, 1.54) is 0 Å².